The molecule has 0 saturated carbocycles. The monoisotopic (exact) mass is 304 g/mol. The molecular weight excluding hydrogens is 292 g/mol. The van der Waals surface area contributed by atoms with Crippen LogP contribution < -0.4 is 4.74 Å². The average molecular weight is 304 g/mol. The summed E-state index contributed by atoms with van der Waals surface area (Å²) >= 11 is 3.24. The molecule has 4 nitrogen and oxygen atoms in total. The molecule has 6 heteroatoms. The molecule has 3 rings (SSSR count). The third-order valence-corrected chi connectivity index (χ3v) is 4.46. The molecule has 3 aromatic rings. The van der Waals surface area contributed by atoms with Gasteiger partial charge in [-0.25, -0.2) is 0 Å². The zero-order valence-electron chi connectivity index (χ0n) is 10.8. The van der Waals surface area contributed by atoms with E-state index in [4.69, 9.17) is 9.26 Å². The van der Waals surface area contributed by atoms with E-state index >= 15 is 0 Å². The van der Waals surface area contributed by atoms with Gasteiger partial charge in [0, 0.05) is 4.90 Å². The van der Waals surface area contributed by atoms with Crippen LogP contribution in [0.15, 0.2) is 51.2 Å². The van der Waals surface area contributed by atoms with E-state index < -0.39 is 0 Å². The Balaban J connectivity index is 1.66. The minimum Gasteiger partial charge on any atom is -0.497 e. The number of thioether (sulfide) groups is 1. The lowest BCUT2D eigenvalue weighted by Gasteiger charge is -2.02. The highest BCUT2D eigenvalue weighted by molar-refractivity contribution is 7.98. The lowest BCUT2D eigenvalue weighted by Crippen LogP contribution is -1.84. The summed E-state index contributed by atoms with van der Waals surface area (Å²) in [5, 5.41) is 5.99. The third-order valence-electron chi connectivity index (χ3n) is 2.61. The first kappa shape index (κ1) is 13.2. The van der Waals surface area contributed by atoms with Crippen molar-refractivity contribution in [2.24, 2.45) is 0 Å². The van der Waals surface area contributed by atoms with Gasteiger partial charge in [0.05, 0.1) is 17.7 Å². The number of hydrogen-bond acceptors (Lipinski definition) is 6. The Bertz CT molecular complexity index is 680. The molecule has 0 saturated heterocycles. The van der Waals surface area contributed by atoms with Crippen LogP contribution in [0.2, 0.25) is 0 Å². The first-order valence-corrected chi connectivity index (χ1v) is 7.85. The van der Waals surface area contributed by atoms with Gasteiger partial charge in [0.2, 0.25) is 11.7 Å². The number of rotatable bonds is 5. The molecule has 0 amide bonds. The molecule has 0 aliphatic heterocycles. The fourth-order valence-electron chi connectivity index (χ4n) is 1.66. The van der Waals surface area contributed by atoms with Crippen molar-refractivity contribution in [2.75, 3.05) is 7.11 Å². The SMILES string of the molecule is COc1cccc(SCc2nc(-c3cccs3)no2)c1. The van der Waals surface area contributed by atoms with Gasteiger partial charge in [0.25, 0.3) is 0 Å². The summed E-state index contributed by atoms with van der Waals surface area (Å²) in [6.45, 7) is 0. The van der Waals surface area contributed by atoms with Crippen LogP contribution in [-0.2, 0) is 5.75 Å². The van der Waals surface area contributed by atoms with Gasteiger partial charge >= 0.3 is 0 Å². The van der Waals surface area contributed by atoms with Gasteiger partial charge in [0.15, 0.2) is 0 Å². The van der Waals surface area contributed by atoms with Crippen molar-refractivity contribution in [2.45, 2.75) is 10.6 Å². The first-order chi connectivity index (χ1) is 9.85. The zero-order chi connectivity index (χ0) is 13.8. The Labute approximate surface area is 124 Å². The standard InChI is InChI=1S/C14H12N2O2S2/c1-17-10-4-2-5-11(8-10)20-9-13-15-14(16-18-13)12-6-3-7-19-12/h2-8H,9H2,1H3. The smallest absolute Gasteiger partial charge is 0.237 e. The molecule has 0 N–H and O–H groups in total. The lowest BCUT2D eigenvalue weighted by molar-refractivity contribution is 0.392. The molecule has 0 fully saturated rings. The predicted molar refractivity (Wildman–Crippen MR) is 80.2 cm³/mol. The van der Waals surface area contributed by atoms with E-state index in [0.717, 1.165) is 15.5 Å². The first-order valence-electron chi connectivity index (χ1n) is 5.98. The fourth-order valence-corrected chi connectivity index (χ4v) is 3.09. The van der Waals surface area contributed by atoms with E-state index in [1.54, 1.807) is 30.2 Å². The summed E-state index contributed by atoms with van der Waals surface area (Å²) in [7, 11) is 1.66. The topological polar surface area (TPSA) is 48.2 Å². The maximum absolute atomic E-state index is 5.26. The zero-order valence-corrected chi connectivity index (χ0v) is 12.4. The van der Waals surface area contributed by atoms with Crippen LogP contribution in [0.1, 0.15) is 5.89 Å². The highest BCUT2D eigenvalue weighted by Gasteiger charge is 2.09. The molecule has 2 aromatic heterocycles. The van der Waals surface area contributed by atoms with Gasteiger partial charge in [-0.1, -0.05) is 17.3 Å². The summed E-state index contributed by atoms with van der Waals surface area (Å²) < 4.78 is 10.5. The molecule has 2 heterocycles. The predicted octanol–water partition coefficient (Wildman–Crippen LogP) is 4.10. The summed E-state index contributed by atoms with van der Waals surface area (Å²) in [6.07, 6.45) is 0. The van der Waals surface area contributed by atoms with E-state index in [1.165, 1.54) is 0 Å². The normalized spacial score (nSPS) is 10.7. The molecule has 102 valence electrons. The Morgan fingerprint density at radius 1 is 1.30 bits per heavy atom. The van der Waals surface area contributed by atoms with Crippen LogP contribution in [0.25, 0.3) is 10.7 Å². The number of ether oxygens (including phenoxy) is 1. The Morgan fingerprint density at radius 3 is 3.05 bits per heavy atom. The highest BCUT2D eigenvalue weighted by Crippen LogP contribution is 2.27. The average Bonchev–Trinajstić information content (AvgIpc) is 3.16. The van der Waals surface area contributed by atoms with E-state index in [-0.39, 0.29) is 0 Å². The minimum absolute atomic E-state index is 0.626. The Morgan fingerprint density at radius 2 is 2.25 bits per heavy atom. The van der Waals surface area contributed by atoms with Gasteiger partial charge in [-0.15, -0.1) is 23.1 Å². The molecule has 0 atom stereocenters. The molecule has 0 radical (unpaired) electrons. The third kappa shape index (κ3) is 3.02. The lowest BCUT2D eigenvalue weighted by atomic mass is 10.3. The van der Waals surface area contributed by atoms with Gasteiger partial charge in [-0.2, -0.15) is 4.98 Å². The molecule has 20 heavy (non-hydrogen) atoms. The van der Waals surface area contributed by atoms with Crippen LogP contribution in [-0.4, -0.2) is 17.3 Å². The molecule has 0 unspecified atom stereocenters. The largest absolute Gasteiger partial charge is 0.497 e. The molecule has 0 aliphatic rings. The molecular formula is C14H12N2O2S2. The van der Waals surface area contributed by atoms with Crippen LogP contribution in [0.3, 0.4) is 0 Å². The van der Waals surface area contributed by atoms with E-state index in [2.05, 4.69) is 10.1 Å². The second-order valence-corrected chi connectivity index (χ2v) is 5.95. The van der Waals surface area contributed by atoms with Crippen LogP contribution in [0.4, 0.5) is 0 Å². The van der Waals surface area contributed by atoms with Crippen molar-refractivity contribution >= 4 is 23.1 Å². The van der Waals surface area contributed by atoms with Gasteiger partial charge in [-0.05, 0) is 29.6 Å². The second kappa shape index (κ2) is 6.11. The summed E-state index contributed by atoms with van der Waals surface area (Å²) in [6, 6.07) is 11.9. The van der Waals surface area contributed by atoms with Crippen molar-refractivity contribution in [3.8, 4) is 16.5 Å². The molecule has 0 aliphatic carbocycles. The summed E-state index contributed by atoms with van der Waals surface area (Å²) in [5.74, 6) is 2.77. The van der Waals surface area contributed by atoms with Crippen molar-refractivity contribution < 1.29 is 9.26 Å². The van der Waals surface area contributed by atoms with Crippen LogP contribution in [0, 0.1) is 0 Å². The van der Waals surface area contributed by atoms with Gasteiger partial charge in [0.1, 0.15) is 5.75 Å². The maximum atomic E-state index is 5.26. The second-order valence-electron chi connectivity index (χ2n) is 3.96. The highest BCUT2D eigenvalue weighted by atomic mass is 32.2. The fraction of sp³-hybridized carbons (Fsp3) is 0.143. The van der Waals surface area contributed by atoms with Gasteiger partial charge < -0.3 is 9.26 Å². The molecule has 0 spiro atoms. The summed E-state index contributed by atoms with van der Waals surface area (Å²) in [4.78, 5) is 6.52. The number of benzene rings is 1. The van der Waals surface area contributed by atoms with Gasteiger partial charge in [-0.3, -0.25) is 0 Å². The van der Waals surface area contributed by atoms with Crippen molar-refractivity contribution in [3.63, 3.8) is 0 Å². The van der Waals surface area contributed by atoms with Crippen LogP contribution >= 0.6 is 23.1 Å². The Hall–Kier alpha value is -1.79. The number of methoxy groups -OCH3 is 1. The Kier molecular flexibility index (Phi) is 4.03. The van der Waals surface area contributed by atoms with Crippen molar-refractivity contribution in [3.05, 3.63) is 47.7 Å². The van der Waals surface area contributed by atoms with Crippen LogP contribution in [0.5, 0.6) is 5.75 Å². The van der Waals surface area contributed by atoms with E-state index in [1.807, 2.05) is 41.8 Å². The van der Waals surface area contributed by atoms with E-state index in [0.29, 0.717) is 17.5 Å². The number of hydrogen-bond donors (Lipinski definition) is 0. The minimum atomic E-state index is 0.626. The number of nitrogens with zero attached hydrogens (tertiary/aromatic N) is 2. The van der Waals surface area contributed by atoms with E-state index in [9.17, 15) is 0 Å². The van der Waals surface area contributed by atoms with Crippen molar-refractivity contribution in [1.29, 1.82) is 0 Å². The summed E-state index contributed by atoms with van der Waals surface area (Å²) in [5.41, 5.74) is 0. The number of thiophene rings is 1. The quantitative estimate of drug-likeness (QED) is 0.664. The molecule has 0 bridgehead atoms. The number of aromatic nitrogens is 2. The van der Waals surface area contributed by atoms with Crippen molar-refractivity contribution in [1.82, 2.24) is 10.1 Å². The molecule has 1 aromatic carbocycles. The maximum Gasteiger partial charge on any atom is 0.237 e.